The van der Waals surface area contributed by atoms with Gasteiger partial charge in [0.1, 0.15) is 6.04 Å². The van der Waals surface area contributed by atoms with E-state index in [0.717, 1.165) is 31.2 Å². The minimum Gasteiger partial charge on any atom is -0.480 e. The van der Waals surface area contributed by atoms with Crippen LogP contribution in [-0.2, 0) is 22.4 Å². The lowest BCUT2D eigenvalue weighted by Gasteiger charge is -2.29. The number of non-ortho nitro benzene ring substituents is 1. The molecule has 0 aliphatic heterocycles. The molecule has 0 heterocycles. The minimum atomic E-state index is -1.12. The molecular weight excluding hydrogens is 498 g/mol. The summed E-state index contributed by atoms with van der Waals surface area (Å²) < 4.78 is 0. The number of nitrogens with one attached hydrogen (secondary N) is 2. The molecule has 3 aromatic carbocycles. The first-order chi connectivity index (χ1) is 18.7. The Bertz CT molecular complexity index is 1370. The van der Waals surface area contributed by atoms with E-state index in [1.807, 2.05) is 30.3 Å². The molecule has 0 saturated heterocycles. The zero-order valence-electron chi connectivity index (χ0n) is 21.7. The van der Waals surface area contributed by atoms with Crippen LogP contribution in [0.5, 0.6) is 0 Å². The second kappa shape index (κ2) is 11.9. The molecule has 1 atom stereocenters. The number of anilines is 1. The second-order valence-electron chi connectivity index (χ2n) is 10.1. The lowest BCUT2D eigenvalue weighted by Crippen LogP contribution is -2.49. The van der Waals surface area contributed by atoms with Crippen LogP contribution in [0.1, 0.15) is 52.7 Å². The van der Waals surface area contributed by atoms with E-state index in [2.05, 4.69) is 10.6 Å². The maximum Gasteiger partial charge on any atom is 0.326 e. The van der Waals surface area contributed by atoms with Crippen LogP contribution in [0.25, 0.3) is 0 Å². The van der Waals surface area contributed by atoms with Gasteiger partial charge in [-0.25, -0.2) is 4.79 Å². The fraction of sp³-hybridized carbons (Fsp3) is 0.300. The molecule has 0 spiro atoms. The number of aryl methyl sites for hydroxylation is 1. The zero-order chi connectivity index (χ0) is 28.0. The van der Waals surface area contributed by atoms with Gasteiger partial charge in [0.2, 0.25) is 5.91 Å². The monoisotopic (exact) mass is 529 g/mol. The predicted octanol–water partition coefficient (Wildman–Crippen LogP) is 5.07. The van der Waals surface area contributed by atoms with E-state index in [1.165, 1.54) is 18.2 Å². The smallest absolute Gasteiger partial charge is 0.326 e. The van der Waals surface area contributed by atoms with E-state index in [9.17, 15) is 29.6 Å². The first-order valence-corrected chi connectivity index (χ1v) is 12.9. The number of nitro benzene ring substituents is 1. The minimum absolute atomic E-state index is 0.0840. The molecular formula is C30H31N3O6. The third-order valence-electron chi connectivity index (χ3n) is 7.36. The van der Waals surface area contributed by atoms with Crippen LogP contribution in [-0.4, -0.2) is 33.9 Å². The summed E-state index contributed by atoms with van der Waals surface area (Å²) in [5.74, 6) is -1.83. The van der Waals surface area contributed by atoms with Gasteiger partial charge in [-0.2, -0.15) is 0 Å². The average Bonchev–Trinajstić information content (AvgIpc) is 3.39. The molecule has 1 aliphatic rings. The number of hydrogen-bond donors (Lipinski definition) is 3. The molecule has 9 heteroatoms. The van der Waals surface area contributed by atoms with Crippen molar-refractivity contribution in [3.63, 3.8) is 0 Å². The summed E-state index contributed by atoms with van der Waals surface area (Å²) in [7, 11) is 0. The highest BCUT2D eigenvalue weighted by atomic mass is 16.6. The highest BCUT2D eigenvalue weighted by Gasteiger charge is 2.42. The number of carbonyl (C=O) groups is 3. The van der Waals surface area contributed by atoms with Crippen molar-refractivity contribution in [1.29, 1.82) is 0 Å². The topological polar surface area (TPSA) is 139 Å². The summed E-state index contributed by atoms with van der Waals surface area (Å²) in [6.07, 6.45) is 3.96. The van der Waals surface area contributed by atoms with E-state index < -0.39 is 28.3 Å². The van der Waals surface area contributed by atoms with Crippen LogP contribution in [0.2, 0.25) is 0 Å². The SMILES string of the molecule is Cc1ccc([N+](=O)[O-])cc1C(=O)Nc1ccc(CC(NC(=O)C2(Cc3ccccc3)CCCC2)C(=O)O)cc1. The molecule has 1 saturated carbocycles. The fourth-order valence-electron chi connectivity index (χ4n) is 5.16. The normalized spacial score (nSPS) is 14.8. The van der Waals surface area contributed by atoms with E-state index in [1.54, 1.807) is 31.2 Å². The summed E-state index contributed by atoms with van der Waals surface area (Å²) >= 11 is 0. The number of carboxylic acid groups (broad SMARTS) is 1. The highest BCUT2D eigenvalue weighted by molar-refractivity contribution is 6.05. The number of nitrogens with zero attached hydrogens (tertiary/aromatic N) is 1. The molecule has 3 aromatic rings. The van der Waals surface area contributed by atoms with Crippen LogP contribution in [0.3, 0.4) is 0 Å². The van der Waals surface area contributed by atoms with E-state index in [4.69, 9.17) is 0 Å². The summed E-state index contributed by atoms with van der Waals surface area (Å²) in [6.45, 7) is 1.69. The molecule has 9 nitrogen and oxygen atoms in total. The van der Waals surface area contributed by atoms with Crippen molar-refractivity contribution < 1.29 is 24.4 Å². The molecule has 0 aromatic heterocycles. The number of aliphatic carboxylic acids is 1. The van der Waals surface area contributed by atoms with Gasteiger partial charge in [-0.05, 0) is 55.0 Å². The van der Waals surface area contributed by atoms with Gasteiger partial charge in [-0.1, -0.05) is 61.4 Å². The highest BCUT2D eigenvalue weighted by Crippen LogP contribution is 2.41. The molecule has 1 aliphatic carbocycles. The van der Waals surface area contributed by atoms with Crippen molar-refractivity contribution >= 4 is 29.2 Å². The Morgan fingerprint density at radius 2 is 1.64 bits per heavy atom. The van der Waals surface area contributed by atoms with Gasteiger partial charge in [0.25, 0.3) is 11.6 Å². The quantitative estimate of drug-likeness (QED) is 0.248. The maximum absolute atomic E-state index is 13.4. The zero-order valence-corrected chi connectivity index (χ0v) is 21.7. The Morgan fingerprint density at radius 1 is 0.974 bits per heavy atom. The fourth-order valence-corrected chi connectivity index (χ4v) is 5.16. The number of nitro groups is 1. The van der Waals surface area contributed by atoms with E-state index in [0.29, 0.717) is 23.2 Å². The standard InChI is InChI=1S/C30H31N3O6/c1-20-9-14-24(33(38)39)18-25(20)27(34)31-23-12-10-21(11-13-23)17-26(28(35)36)32-29(37)30(15-5-6-16-30)19-22-7-3-2-4-8-22/h2-4,7-14,18,26H,5-6,15-17,19H2,1H3,(H,31,34)(H,32,37)(H,35,36). The Morgan fingerprint density at radius 3 is 2.26 bits per heavy atom. The number of benzene rings is 3. The Hall–Kier alpha value is -4.53. The van der Waals surface area contributed by atoms with Crippen LogP contribution >= 0.6 is 0 Å². The van der Waals surface area contributed by atoms with Crippen LogP contribution in [0.15, 0.2) is 72.8 Å². The Kier molecular flexibility index (Phi) is 8.39. The van der Waals surface area contributed by atoms with Gasteiger partial charge in [-0.15, -0.1) is 0 Å². The van der Waals surface area contributed by atoms with Crippen molar-refractivity contribution in [3.05, 3.63) is 105 Å². The first-order valence-electron chi connectivity index (χ1n) is 12.9. The van der Waals surface area contributed by atoms with Crippen molar-refractivity contribution in [2.24, 2.45) is 5.41 Å². The summed E-state index contributed by atoms with van der Waals surface area (Å²) in [4.78, 5) is 48.7. The maximum atomic E-state index is 13.4. The number of hydrogen-bond acceptors (Lipinski definition) is 5. The Balaban J connectivity index is 1.42. The van der Waals surface area contributed by atoms with Crippen molar-refractivity contribution in [1.82, 2.24) is 5.32 Å². The third-order valence-corrected chi connectivity index (χ3v) is 7.36. The number of carbonyl (C=O) groups excluding carboxylic acids is 2. The second-order valence-corrected chi connectivity index (χ2v) is 10.1. The lowest BCUT2D eigenvalue weighted by molar-refractivity contribution is -0.384. The van der Waals surface area contributed by atoms with Crippen LogP contribution in [0, 0.1) is 22.5 Å². The lowest BCUT2D eigenvalue weighted by atomic mass is 9.79. The van der Waals surface area contributed by atoms with Gasteiger partial charge >= 0.3 is 5.97 Å². The number of rotatable bonds is 10. The molecule has 4 rings (SSSR count). The third kappa shape index (κ3) is 6.67. The molecule has 0 bridgehead atoms. The van der Waals surface area contributed by atoms with E-state index in [-0.39, 0.29) is 23.6 Å². The van der Waals surface area contributed by atoms with Crippen LogP contribution in [0.4, 0.5) is 11.4 Å². The van der Waals surface area contributed by atoms with Crippen molar-refractivity contribution in [2.45, 2.75) is 51.5 Å². The Labute approximate surface area is 226 Å². The molecule has 3 N–H and O–H groups in total. The molecule has 1 fully saturated rings. The molecule has 2 amide bonds. The van der Waals surface area contributed by atoms with Gasteiger partial charge in [0.15, 0.2) is 0 Å². The van der Waals surface area contributed by atoms with E-state index >= 15 is 0 Å². The number of carboxylic acids is 1. The van der Waals surface area contributed by atoms with Crippen molar-refractivity contribution in [3.8, 4) is 0 Å². The van der Waals surface area contributed by atoms with Gasteiger partial charge in [-0.3, -0.25) is 19.7 Å². The molecule has 39 heavy (non-hydrogen) atoms. The van der Waals surface area contributed by atoms with Gasteiger partial charge in [0.05, 0.1) is 10.3 Å². The van der Waals surface area contributed by atoms with Crippen molar-refractivity contribution in [2.75, 3.05) is 5.32 Å². The van der Waals surface area contributed by atoms with Gasteiger partial charge in [0, 0.05) is 29.8 Å². The predicted molar refractivity (Wildman–Crippen MR) is 147 cm³/mol. The summed E-state index contributed by atoms with van der Waals surface area (Å²) in [5, 5.41) is 26.4. The average molecular weight is 530 g/mol. The summed E-state index contributed by atoms with van der Waals surface area (Å²) in [5.41, 5.74) is 2.19. The molecule has 0 radical (unpaired) electrons. The largest absolute Gasteiger partial charge is 0.480 e. The molecule has 202 valence electrons. The van der Waals surface area contributed by atoms with Crippen LogP contribution < -0.4 is 10.6 Å². The first kappa shape index (κ1) is 27.5. The van der Waals surface area contributed by atoms with Gasteiger partial charge < -0.3 is 15.7 Å². The summed E-state index contributed by atoms with van der Waals surface area (Å²) in [6, 6.07) is 19.4. The molecule has 1 unspecified atom stereocenters. The number of amides is 2.